The van der Waals surface area contributed by atoms with E-state index in [2.05, 4.69) is 15.8 Å². The van der Waals surface area contributed by atoms with Crippen molar-refractivity contribution in [3.63, 3.8) is 0 Å². The summed E-state index contributed by atoms with van der Waals surface area (Å²) in [7, 11) is 0. The number of hydrogen-bond acceptors (Lipinski definition) is 5. The summed E-state index contributed by atoms with van der Waals surface area (Å²) in [4.78, 5) is 29.4. The van der Waals surface area contributed by atoms with E-state index in [-0.39, 0.29) is 18.1 Å². The number of benzene rings is 2. The monoisotopic (exact) mass is 401 g/mol. The molecule has 2 N–H and O–H groups in total. The first kappa shape index (κ1) is 19.1. The third-order valence-electron chi connectivity index (χ3n) is 3.58. The maximum absolute atomic E-state index is 12.9. The van der Waals surface area contributed by atoms with Gasteiger partial charge in [0.15, 0.2) is 0 Å². The Bertz CT molecular complexity index is 915. The molecule has 3 aromatic rings. The van der Waals surface area contributed by atoms with Gasteiger partial charge >= 0.3 is 0 Å². The Morgan fingerprint density at radius 3 is 2.59 bits per heavy atom. The minimum Gasteiger partial charge on any atom is -0.273 e. The van der Waals surface area contributed by atoms with Crippen LogP contribution in [-0.2, 0) is 17.0 Å². The molecule has 0 aliphatic heterocycles. The topological polar surface area (TPSA) is 71.1 Å². The Balaban J connectivity index is 1.55. The van der Waals surface area contributed by atoms with Crippen LogP contribution in [0, 0.1) is 5.82 Å². The van der Waals surface area contributed by atoms with Gasteiger partial charge < -0.3 is 0 Å². The quantitative estimate of drug-likeness (QED) is 0.489. The highest BCUT2D eigenvalue weighted by molar-refractivity contribution is 7.98. The first-order valence-electron chi connectivity index (χ1n) is 8.04. The van der Waals surface area contributed by atoms with E-state index in [0.29, 0.717) is 16.9 Å². The number of halogens is 1. The maximum atomic E-state index is 12.9. The molecule has 1 heterocycles. The fourth-order valence-corrected chi connectivity index (χ4v) is 3.88. The zero-order valence-corrected chi connectivity index (χ0v) is 15.8. The summed E-state index contributed by atoms with van der Waals surface area (Å²) in [6, 6.07) is 12.8. The number of rotatable bonds is 6. The summed E-state index contributed by atoms with van der Waals surface area (Å²) < 4.78 is 12.9. The molecule has 138 valence electrons. The third kappa shape index (κ3) is 5.63. The standard InChI is InChI=1S/C19H16FN3O2S2/c20-14-7-5-13(6-8-14)9-18(24)22-23-19(25)16-3-1-2-4-17(16)27-11-15-10-26-12-21-15/h1-8,10,12H,9,11H2,(H,22,24)(H,23,25). The number of aromatic nitrogens is 1. The second kappa shape index (κ2) is 9.29. The molecule has 0 aliphatic carbocycles. The lowest BCUT2D eigenvalue weighted by Crippen LogP contribution is -2.42. The van der Waals surface area contributed by atoms with Gasteiger partial charge in [-0.15, -0.1) is 23.1 Å². The van der Waals surface area contributed by atoms with Crippen LogP contribution in [0.15, 0.2) is 64.3 Å². The molecule has 0 unspecified atom stereocenters. The molecule has 2 amide bonds. The smallest absolute Gasteiger partial charge is 0.270 e. The molecular weight excluding hydrogens is 385 g/mol. The number of hydrogen-bond donors (Lipinski definition) is 2. The number of carbonyl (C=O) groups excluding carboxylic acids is 2. The summed E-state index contributed by atoms with van der Waals surface area (Å²) in [5.74, 6) is -0.490. The van der Waals surface area contributed by atoms with Crippen molar-refractivity contribution < 1.29 is 14.0 Å². The number of nitrogens with one attached hydrogen (secondary N) is 2. The lowest BCUT2D eigenvalue weighted by Gasteiger charge is -2.10. The molecule has 0 spiro atoms. The highest BCUT2D eigenvalue weighted by Crippen LogP contribution is 2.26. The molecule has 0 fully saturated rings. The molecule has 3 rings (SSSR count). The Morgan fingerprint density at radius 1 is 1.07 bits per heavy atom. The number of hydrazine groups is 1. The molecule has 1 aromatic heterocycles. The molecule has 27 heavy (non-hydrogen) atoms. The van der Waals surface area contributed by atoms with Crippen LogP contribution in [0.25, 0.3) is 0 Å². The van der Waals surface area contributed by atoms with E-state index in [1.807, 2.05) is 17.5 Å². The number of thioether (sulfide) groups is 1. The van der Waals surface area contributed by atoms with E-state index in [4.69, 9.17) is 0 Å². The Hall–Kier alpha value is -2.71. The SMILES string of the molecule is O=C(Cc1ccc(F)cc1)NNC(=O)c1ccccc1SCc1cscn1. The summed E-state index contributed by atoms with van der Waals surface area (Å²) in [6.45, 7) is 0. The predicted octanol–water partition coefficient (Wildman–Crippen LogP) is 3.58. The summed E-state index contributed by atoms with van der Waals surface area (Å²) in [5.41, 5.74) is 8.66. The minimum atomic E-state index is -0.399. The zero-order valence-electron chi connectivity index (χ0n) is 14.1. The van der Waals surface area contributed by atoms with Gasteiger partial charge in [0.05, 0.1) is 23.2 Å². The largest absolute Gasteiger partial charge is 0.273 e. The van der Waals surface area contributed by atoms with Crippen LogP contribution in [0.5, 0.6) is 0 Å². The summed E-state index contributed by atoms with van der Waals surface area (Å²) in [5, 5.41) is 1.96. The van der Waals surface area contributed by atoms with Crippen LogP contribution in [0.2, 0.25) is 0 Å². The van der Waals surface area contributed by atoms with Crippen molar-refractivity contribution in [2.75, 3.05) is 0 Å². The van der Waals surface area contributed by atoms with E-state index in [1.165, 1.54) is 47.4 Å². The van der Waals surface area contributed by atoms with Gasteiger partial charge in [-0.05, 0) is 29.8 Å². The normalized spacial score (nSPS) is 10.4. The fraction of sp³-hybridized carbons (Fsp3) is 0.105. The van der Waals surface area contributed by atoms with Gasteiger partial charge in [-0.2, -0.15) is 0 Å². The van der Waals surface area contributed by atoms with Gasteiger partial charge in [0.2, 0.25) is 5.91 Å². The Morgan fingerprint density at radius 2 is 1.85 bits per heavy atom. The van der Waals surface area contributed by atoms with E-state index in [9.17, 15) is 14.0 Å². The molecule has 0 aliphatic rings. The van der Waals surface area contributed by atoms with Crippen LogP contribution in [-0.4, -0.2) is 16.8 Å². The minimum absolute atomic E-state index is 0.0424. The lowest BCUT2D eigenvalue weighted by molar-refractivity contribution is -0.121. The van der Waals surface area contributed by atoms with E-state index < -0.39 is 5.91 Å². The summed E-state index contributed by atoms with van der Waals surface area (Å²) in [6.07, 6.45) is 0.0424. The highest BCUT2D eigenvalue weighted by Gasteiger charge is 2.13. The average molecular weight is 401 g/mol. The van der Waals surface area contributed by atoms with Gasteiger partial charge in [0.25, 0.3) is 5.91 Å². The lowest BCUT2D eigenvalue weighted by atomic mass is 10.1. The number of carbonyl (C=O) groups is 2. The van der Waals surface area contributed by atoms with Crippen LogP contribution in [0.4, 0.5) is 4.39 Å². The van der Waals surface area contributed by atoms with Gasteiger partial charge in [-0.3, -0.25) is 20.4 Å². The van der Waals surface area contributed by atoms with Crippen LogP contribution in [0.1, 0.15) is 21.6 Å². The van der Waals surface area contributed by atoms with Crippen molar-refractivity contribution in [3.8, 4) is 0 Å². The number of thiazole rings is 1. The molecule has 0 bridgehead atoms. The summed E-state index contributed by atoms with van der Waals surface area (Å²) >= 11 is 3.03. The molecule has 0 atom stereocenters. The molecule has 8 heteroatoms. The molecule has 0 radical (unpaired) electrons. The Labute approximate surface area is 164 Å². The van der Waals surface area contributed by atoms with E-state index >= 15 is 0 Å². The first-order valence-corrected chi connectivity index (χ1v) is 9.97. The molecular formula is C19H16FN3O2S2. The maximum Gasteiger partial charge on any atom is 0.270 e. The van der Waals surface area contributed by atoms with Gasteiger partial charge in [0, 0.05) is 16.0 Å². The molecule has 0 saturated carbocycles. The van der Waals surface area contributed by atoms with Gasteiger partial charge in [-0.25, -0.2) is 9.37 Å². The van der Waals surface area contributed by atoms with Crippen molar-refractivity contribution in [1.29, 1.82) is 0 Å². The second-order valence-electron chi connectivity index (χ2n) is 5.57. The highest BCUT2D eigenvalue weighted by atomic mass is 32.2. The zero-order chi connectivity index (χ0) is 19.1. The van der Waals surface area contributed by atoms with Crippen LogP contribution in [0.3, 0.4) is 0 Å². The van der Waals surface area contributed by atoms with Crippen molar-refractivity contribution in [3.05, 3.63) is 82.1 Å². The van der Waals surface area contributed by atoms with Crippen LogP contribution >= 0.6 is 23.1 Å². The number of nitrogens with zero attached hydrogens (tertiary/aromatic N) is 1. The Kier molecular flexibility index (Phi) is 6.56. The van der Waals surface area contributed by atoms with Crippen molar-refractivity contribution >= 4 is 34.9 Å². The van der Waals surface area contributed by atoms with Crippen LogP contribution < -0.4 is 10.9 Å². The van der Waals surface area contributed by atoms with Crippen molar-refractivity contribution in [1.82, 2.24) is 15.8 Å². The second-order valence-corrected chi connectivity index (χ2v) is 7.31. The molecule has 5 nitrogen and oxygen atoms in total. The number of amides is 2. The van der Waals surface area contributed by atoms with Gasteiger partial charge in [-0.1, -0.05) is 24.3 Å². The molecule has 0 saturated heterocycles. The predicted molar refractivity (Wildman–Crippen MR) is 104 cm³/mol. The average Bonchev–Trinajstić information content (AvgIpc) is 3.20. The van der Waals surface area contributed by atoms with Gasteiger partial charge in [0.1, 0.15) is 5.82 Å². The first-order chi connectivity index (χ1) is 13.1. The third-order valence-corrected chi connectivity index (χ3v) is 5.33. The van der Waals surface area contributed by atoms with Crippen molar-refractivity contribution in [2.24, 2.45) is 0 Å². The molecule has 2 aromatic carbocycles. The van der Waals surface area contributed by atoms with E-state index in [1.54, 1.807) is 17.6 Å². The van der Waals surface area contributed by atoms with Crippen molar-refractivity contribution in [2.45, 2.75) is 17.1 Å². The van der Waals surface area contributed by atoms with E-state index in [0.717, 1.165) is 10.6 Å². The fourth-order valence-electron chi connectivity index (χ4n) is 2.27.